The molecular weight excluding hydrogens is 716 g/mol. The van der Waals surface area contributed by atoms with E-state index in [1.54, 1.807) is 7.11 Å². The smallest absolute Gasteiger partial charge is 0.310 e. The molecule has 4 unspecified atom stereocenters. The molecule has 322 valence electrons. The maximum atomic E-state index is 14.2. The van der Waals surface area contributed by atoms with Crippen molar-refractivity contribution in [1.82, 2.24) is 20.6 Å². The number of hydroxylamine groups is 2. The molecule has 4 aliphatic heterocycles. The van der Waals surface area contributed by atoms with E-state index in [1.165, 1.54) is 0 Å². The average molecular weight is 793 g/mol. The Labute approximate surface area is 337 Å². The molecule has 0 spiro atoms. The van der Waals surface area contributed by atoms with Gasteiger partial charge >= 0.3 is 23.9 Å². The molecule has 0 aliphatic carbocycles. The highest BCUT2D eigenvalue weighted by atomic mass is 16.7. The molecule has 0 saturated carbocycles. The average Bonchev–Trinajstić information content (AvgIpc) is 3.57. The second-order valence-electron chi connectivity index (χ2n) is 22.4. The standard InChI is InChI=1S/C43H76N4O9/c1-35(2)19-27(39(9,10)44-35)31(48)53-23-43(24-54-32(49)28-20-36(3,4)45-40(28,11)12,25-55-33(50)29-21-37(5,6)46(17)41(29,13)14)26-56-34(51)30-22-38(7,8)47(52-18)42(30,15)16/h27-30,44-45H,19-26H2,1-18H3. The van der Waals surface area contributed by atoms with E-state index < -0.39 is 80.7 Å². The number of nitrogens with zero attached hydrogens (tertiary/aromatic N) is 2. The summed E-state index contributed by atoms with van der Waals surface area (Å²) in [6.07, 6.45) is 2.14. The second-order valence-corrected chi connectivity index (χ2v) is 22.4. The maximum absolute atomic E-state index is 14.2. The number of hydrogen-bond acceptors (Lipinski definition) is 13. The van der Waals surface area contributed by atoms with Gasteiger partial charge in [0.2, 0.25) is 0 Å². The second kappa shape index (κ2) is 15.1. The van der Waals surface area contributed by atoms with Crippen molar-refractivity contribution in [2.45, 2.75) is 181 Å². The third-order valence-electron chi connectivity index (χ3n) is 13.9. The first-order valence-corrected chi connectivity index (χ1v) is 20.5. The Morgan fingerprint density at radius 2 is 0.839 bits per heavy atom. The summed E-state index contributed by atoms with van der Waals surface area (Å²) in [5.41, 5.74) is -5.05. The lowest BCUT2D eigenvalue weighted by molar-refractivity contribution is -0.225. The van der Waals surface area contributed by atoms with Crippen LogP contribution in [0.5, 0.6) is 0 Å². The topological polar surface area (TPSA) is 145 Å². The molecule has 0 radical (unpaired) electrons. The summed E-state index contributed by atoms with van der Waals surface area (Å²) in [4.78, 5) is 64.2. The fourth-order valence-electron chi connectivity index (χ4n) is 10.7. The normalized spacial score (nSPS) is 31.7. The fraction of sp³-hybridized carbons (Fsp3) is 0.907. The van der Waals surface area contributed by atoms with E-state index in [4.69, 9.17) is 23.8 Å². The maximum Gasteiger partial charge on any atom is 0.310 e. The Bertz CT molecular complexity index is 1460. The lowest BCUT2D eigenvalue weighted by Gasteiger charge is -2.39. The van der Waals surface area contributed by atoms with Crippen LogP contribution < -0.4 is 10.6 Å². The Kier molecular flexibility index (Phi) is 12.5. The molecule has 4 saturated heterocycles. The van der Waals surface area contributed by atoms with Crippen LogP contribution in [-0.2, 0) is 43.0 Å². The number of ether oxygens (including phenoxy) is 4. The summed E-state index contributed by atoms with van der Waals surface area (Å²) in [6, 6.07) is 0. The molecule has 13 heteroatoms. The van der Waals surface area contributed by atoms with E-state index in [-0.39, 0.29) is 43.0 Å². The van der Waals surface area contributed by atoms with Gasteiger partial charge in [0.1, 0.15) is 31.8 Å². The van der Waals surface area contributed by atoms with Crippen LogP contribution in [0.1, 0.15) is 136 Å². The van der Waals surface area contributed by atoms with Gasteiger partial charge in [-0.25, -0.2) is 0 Å². The highest BCUT2D eigenvalue weighted by molar-refractivity contribution is 5.77. The van der Waals surface area contributed by atoms with Gasteiger partial charge in [0, 0.05) is 38.8 Å². The molecule has 0 amide bonds. The van der Waals surface area contributed by atoms with Crippen LogP contribution in [0, 0.1) is 29.1 Å². The van der Waals surface area contributed by atoms with Gasteiger partial charge in [0.25, 0.3) is 0 Å². The molecule has 0 bridgehead atoms. The Morgan fingerprint density at radius 3 is 1.11 bits per heavy atom. The molecule has 4 fully saturated rings. The van der Waals surface area contributed by atoms with Crippen molar-refractivity contribution < 1.29 is 43.0 Å². The predicted octanol–water partition coefficient (Wildman–Crippen LogP) is 5.43. The highest BCUT2D eigenvalue weighted by Crippen LogP contribution is 2.47. The zero-order valence-corrected chi connectivity index (χ0v) is 38.0. The summed E-state index contributed by atoms with van der Waals surface area (Å²) in [7, 11) is 3.60. The van der Waals surface area contributed by atoms with Crippen LogP contribution in [0.25, 0.3) is 0 Å². The van der Waals surface area contributed by atoms with Gasteiger partial charge in [-0.05, 0) is 144 Å². The Hall–Kier alpha value is -2.32. The van der Waals surface area contributed by atoms with Crippen LogP contribution >= 0.6 is 0 Å². The van der Waals surface area contributed by atoms with E-state index >= 15 is 0 Å². The van der Waals surface area contributed by atoms with Gasteiger partial charge in [0.05, 0.1) is 36.3 Å². The first kappa shape index (κ1) is 46.4. The minimum absolute atomic E-state index is 0.255. The fourth-order valence-corrected chi connectivity index (χ4v) is 10.7. The molecule has 4 aliphatic rings. The molecule has 4 rings (SSSR count). The van der Waals surface area contributed by atoms with Crippen LogP contribution in [0.15, 0.2) is 0 Å². The Morgan fingerprint density at radius 1 is 0.518 bits per heavy atom. The SMILES string of the molecule is CON1C(C)(C)CC(C(=O)OCC(COC(=O)C2CC(C)(C)NC2(C)C)(COC(=O)C2CC(C)(C)NC2(C)C)COC(=O)C2CC(C)(C)N(C)C2(C)C)C1(C)C. The number of rotatable bonds is 13. The zero-order valence-electron chi connectivity index (χ0n) is 38.0. The number of nitrogens with one attached hydrogen (secondary N) is 2. The van der Waals surface area contributed by atoms with Gasteiger partial charge in [-0.3, -0.25) is 24.1 Å². The molecule has 13 nitrogen and oxygen atoms in total. The quantitative estimate of drug-likeness (QED) is 0.181. The van der Waals surface area contributed by atoms with Crippen molar-refractivity contribution in [3.05, 3.63) is 0 Å². The van der Waals surface area contributed by atoms with Gasteiger partial charge in [0.15, 0.2) is 0 Å². The van der Waals surface area contributed by atoms with Crippen molar-refractivity contribution in [2.24, 2.45) is 29.1 Å². The molecule has 4 heterocycles. The number of esters is 4. The molecule has 0 aromatic rings. The van der Waals surface area contributed by atoms with Crippen LogP contribution in [0.3, 0.4) is 0 Å². The van der Waals surface area contributed by atoms with Crippen molar-refractivity contribution >= 4 is 23.9 Å². The lowest BCUT2D eigenvalue weighted by atomic mass is 9.85. The lowest BCUT2D eigenvalue weighted by Crippen LogP contribution is -2.51. The number of carbonyl (C=O) groups excluding carboxylic acids is 4. The van der Waals surface area contributed by atoms with Crippen molar-refractivity contribution in [2.75, 3.05) is 40.6 Å². The minimum Gasteiger partial charge on any atom is -0.464 e. The zero-order chi connectivity index (χ0) is 42.9. The number of carbonyl (C=O) groups is 4. The molecular formula is C43H76N4O9. The summed E-state index contributed by atoms with van der Waals surface area (Å²) >= 11 is 0. The van der Waals surface area contributed by atoms with E-state index in [1.807, 2.05) is 109 Å². The summed E-state index contributed by atoms with van der Waals surface area (Å²) in [5.74, 6) is -3.74. The third kappa shape index (κ3) is 9.27. The van der Waals surface area contributed by atoms with Crippen LogP contribution in [0.4, 0.5) is 0 Å². The summed E-state index contributed by atoms with van der Waals surface area (Å²) in [6.45, 7) is 31.0. The molecule has 4 atom stereocenters. The Balaban J connectivity index is 1.69. The van der Waals surface area contributed by atoms with E-state index in [9.17, 15) is 19.2 Å². The first-order valence-electron chi connectivity index (χ1n) is 20.5. The summed E-state index contributed by atoms with van der Waals surface area (Å²) in [5, 5.41) is 8.89. The van der Waals surface area contributed by atoms with Gasteiger partial charge in [-0.1, -0.05) is 0 Å². The third-order valence-corrected chi connectivity index (χ3v) is 13.9. The number of likely N-dealkylation sites (tertiary alicyclic amines) is 1. The van der Waals surface area contributed by atoms with Gasteiger partial charge < -0.3 is 34.4 Å². The molecule has 0 aromatic heterocycles. The largest absolute Gasteiger partial charge is 0.464 e. The van der Waals surface area contributed by atoms with E-state index in [2.05, 4.69) is 29.4 Å². The highest BCUT2D eigenvalue weighted by Gasteiger charge is 2.57. The van der Waals surface area contributed by atoms with E-state index in [0.717, 1.165) is 0 Å². The predicted molar refractivity (Wildman–Crippen MR) is 214 cm³/mol. The van der Waals surface area contributed by atoms with Crippen molar-refractivity contribution in [1.29, 1.82) is 0 Å². The van der Waals surface area contributed by atoms with Gasteiger partial charge in [-0.15, -0.1) is 0 Å². The van der Waals surface area contributed by atoms with E-state index in [0.29, 0.717) is 25.7 Å². The van der Waals surface area contributed by atoms with Crippen molar-refractivity contribution in [3.8, 4) is 0 Å². The van der Waals surface area contributed by atoms with Crippen LogP contribution in [0.2, 0.25) is 0 Å². The van der Waals surface area contributed by atoms with Crippen molar-refractivity contribution in [3.63, 3.8) is 0 Å². The summed E-state index contributed by atoms with van der Waals surface area (Å²) < 4.78 is 24.7. The molecule has 2 N–H and O–H groups in total. The monoisotopic (exact) mass is 793 g/mol. The van der Waals surface area contributed by atoms with Crippen LogP contribution in [-0.4, -0.2) is 119 Å². The molecule has 0 aromatic carbocycles. The van der Waals surface area contributed by atoms with Gasteiger partial charge in [-0.2, -0.15) is 5.06 Å². The first-order chi connectivity index (χ1) is 25.2. The minimum atomic E-state index is -1.42. The number of hydrogen-bond donors (Lipinski definition) is 2. The molecule has 56 heavy (non-hydrogen) atoms.